The molecule has 0 radical (unpaired) electrons. The third-order valence-corrected chi connectivity index (χ3v) is 4.08. The summed E-state index contributed by atoms with van der Waals surface area (Å²) in [5.41, 5.74) is 1.02. The van der Waals surface area contributed by atoms with Crippen molar-refractivity contribution >= 4 is 11.8 Å². The molecule has 19 heavy (non-hydrogen) atoms. The molecule has 0 saturated heterocycles. The Labute approximate surface area is 116 Å². The number of nitrogens with one attached hydrogen (secondary N) is 2. The first-order valence-corrected chi connectivity index (χ1v) is 7.06. The monoisotopic (exact) mass is 278 g/mol. The molecule has 1 aromatic carbocycles. The molecule has 1 unspecified atom stereocenters. The largest absolute Gasteiger partial charge is 0.343 e. The summed E-state index contributed by atoms with van der Waals surface area (Å²) in [6, 6.07) is 8.43. The molecule has 1 aromatic heterocycles. The van der Waals surface area contributed by atoms with E-state index in [0.717, 1.165) is 11.4 Å². The molecule has 2 aromatic rings. The zero-order valence-electron chi connectivity index (χ0n) is 11.3. The van der Waals surface area contributed by atoms with Crippen molar-refractivity contribution in [1.29, 1.82) is 0 Å². The van der Waals surface area contributed by atoms with Crippen molar-refractivity contribution in [2.75, 3.05) is 6.54 Å². The average Bonchev–Trinajstić information content (AvgIpc) is 2.72. The third kappa shape index (κ3) is 3.08. The number of aromatic amines is 1. The minimum Gasteiger partial charge on any atom is -0.310 e. The van der Waals surface area contributed by atoms with Gasteiger partial charge < -0.3 is 5.32 Å². The summed E-state index contributed by atoms with van der Waals surface area (Å²) in [4.78, 5) is 12.5. The van der Waals surface area contributed by atoms with Crippen molar-refractivity contribution in [3.05, 3.63) is 40.3 Å². The zero-order valence-corrected chi connectivity index (χ0v) is 12.1. The van der Waals surface area contributed by atoms with Gasteiger partial charge >= 0.3 is 5.69 Å². The van der Waals surface area contributed by atoms with Gasteiger partial charge in [-0.25, -0.2) is 9.89 Å². The average molecular weight is 278 g/mol. The van der Waals surface area contributed by atoms with Gasteiger partial charge in [-0.05, 0) is 36.9 Å². The Balaban J connectivity index is 2.30. The van der Waals surface area contributed by atoms with Crippen LogP contribution in [0.5, 0.6) is 0 Å². The summed E-state index contributed by atoms with van der Waals surface area (Å²) < 4.78 is 1.51. The van der Waals surface area contributed by atoms with E-state index in [1.54, 1.807) is 7.05 Å². The van der Waals surface area contributed by atoms with Crippen LogP contribution in [0.15, 0.2) is 39.1 Å². The fourth-order valence-corrected chi connectivity index (χ4v) is 2.89. The highest BCUT2D eigenvalue weighted by Gasteiger charge is 2.13. The molecule has 0 aliphatic heterocycles. The summed E-state index contributed by atoms with van der Waals surface area (Å²) in [5.74, 6) is 0. The number of aromatic nitrogens is 3. The van der Waals surface area contributed by atoms with Crippen LogP contribution in [-0.2, 0) is 7.05 Å². The van der Waals surface area contributed by atoms with Crippen LogP contribution in [0, 0.1) is 0 Å². The number of H-pyrrole nitrogens is 1. The fourth-order valence-electron chi connectivity index (χ4n) is 1.87. The first-order valence-electron chi connectivity index (χ1n) is 6.25. The molecule has 2 rings (SSSR count). The van der Waals surface area contributed by atoms with E-state index >= 15 is 0 Å². The van der Waals surface area contributed by atoms with E-state index < -0.39 is 0 Å². The highest BCUT2D eigenvalue weighted by molar-refractivity contribution is 7.99. The van der Waals surface area contributed by atoms with Crippen LogP contribution in [0.25, 0.3) is 0 Å². The Morgan fingerprint density at radius 2 is 2.21 bits per heavy atom. The summed E-state index contributed by atoms with van der Waals surface area (Å²) >= 11 is 1.50. The lowest BCUT2D eigenvalue weighted by atomic mass is 10.1. The predicted octanol–water partition coefficient (Wildman–Crippen LogP) is 1.93. The second-order valence-corrected chi connectivity index (χ2v) is 5.30. The van der Waals surface area contributed by atoms with Gasteiger partial charge in [0, 0.05) is 18.0 Å². The molecule has 102 valence electrons. The molecular formula is C13H18N4OS. The van der Waals surface area contributed by atoms with Crippen molar-refractivity contribution in [3.63, 3.8) is 0 Å². The van der Waals surface area contributed by atoms with Gasteiger partial charge in [0.2, 0.25) is 0 Å². The van der Waals surface area contributed by atoms with Crippen LogP contribution in [0.1, 0.15) is 25.5 Å². The number of hydrogen-bond donors (Lipinski definition) is 2. The summed E-state index contributed by atoms with van der Waals surface area (Å²) in [6.07, 6.45) is 0. The molecule has 0 aliphatic carbocycles. The number of nitrogens with zero attached hydrogens (tertiary/aromatic N) is 2. The van der Waals surface area contributed by atoms with Crippen LogP contribution < -0.4 is 11.0 Å². The van der Waals surface area contributed by atoms with E-state index in [2.05, 4.69) is 35.4 Å². The quantitative estimate of drug-likeness (QED) is 0.877. The Hall–Kier alpha value is -1.53. The van der Waals surface area contributed by atoms with E-state index in [-0.39, 0.29) is 11.7 Å². The Morgan fingerprint density at radius 3 is 2.84 bits per heavy atom. The van der Waals surface area contributed by atoms with Gasteiger partial charge in [0.1, 0.15) is 0 Å². The topological polar surface area (TPSA) is 62.7 Å². The van der Waals surface area contributed by atoms with Crippen LogP contribution >= 0.6 is 11.8 Å². The highest BCUT2D eigenvalue weighted by atomic mass is 32.2. The second kappa shape index (κ2) is 6.08. The SMILES string of the molecule is CCNC(C)c1ccccc1Sc1n[nH]c(=O)n1C. The number of rotatable bonds is 5. The lowest BCUT2D eigenvalue weighted by molar-refractivity contribution is 0.589. The number of benzene rings is 1. The molecule has 0 amide bonds. The molecule has 2 N–H and O–H groups in total. The van der Waals surface area contributed by atoms with Gasteiger partial charge in [-0.3, -0.25) is 4.57 Å². The Kier molecular flexibility index (Phi) is 4.44. The molecule has 0 bridgehead atoms. The molecule has 1 heterocycles. The van der Waals surface area contributed by atoms with Gasteiger partial charge in [-0.2, -0.15) is 0 Å². The van der Waals surface area contributed by atoms with E-state index in [4.69, 9.17) is 0 Å². The molecule has 0 saturated carbocycles. The maximum absolute atomic E-state index is 11.4. The lowest BCUT2D eigenvalue weighted by Crippen LogP contribution is -2.18. The second-order valence-electron chi connectivity index (χ2n) is 4.29. The molecular weight excluding hydrogens is 260 g/mol. The molecule has 0 spiro atoms. The van der Waals surface area contributed by atoms with Crippen molar-refractivity contribution in [1.82, 2.24) is 20.1 Å². The zero-order chi connectivity index (χ0) is 13.8. The van der Waals surface area contributed by atoms with Crippen LogP contribution in [-0.4, -0.2) is 21.3 Å². The van der Waals surface area contributed by atoms with Gasteiger partial charge in [0.15, 0.2) is 5.16 Å². The minimum absolute atomic E-state index is 0.195. The van der Waals surface area contributed by atoms with Gasteiger partial charge in [0.25, 0.3) is 0 Å². The summed E-state index contributed by atoms with van der Waals surface area (Å²) in [7, 11) is 1.71. The fraction of sp³-hybridized carbons (Fsp3) is 0.385. The van der Waals surface area contributed by atoms with Gasteiger partial charge in [0.05, 0.1) is 0 Å². The maximum atomic E-state index is 11.4. The van der Waals surface area contributed by atoms with Crippen molar-refractivity contribution in [2.24, 2.45) is 7.05 Å². The van der Waals surface area contributed by atoms with Crippen molar-refractivity contribution in [3.8, 4) is 0 Å². The highest BCUT2D eigenvalue weighted by Crippen LogP contribution is 2.31. The first-order chi connectivity index (χ1) is 9.13. The molecule has 0 aliphatic rings. The van der Waals surface area contributed by atoms with Crippen molar-refractivity contribution < 1.29 is 0 Å². The molecule has 6 heteroatoms. The van der Waals surface area contributed by atoms with E-state index in [9.17, 15) is 4.79 Å². The van der Waals surface area contributed by atoms with Gasteiger partial charge in [-0.1, -0.05) is 25.1 Å². The molecule has 0 fully saturated rings. The summed E-state index contributed by atoms with van der Waals surface area (Å²) in [6.45, 7) is 5.14. The van der Waals surface area contributed by atoms with E-state index in [0.29, 0.717) is 5.16 Å². The first kappa shape index (κ1) is 13.9. The third-order valence-electron chi connectivity index (χ3n) is 2.94. The van der Waals surface area contributed by atoms with Crippen molar-refractivity contribution in [2.45, 2.75) is 29.9 Å². The predicted molar refractivity (Wildman–Crippen MR) is 76.5 cm³/mol. The Morgan fingerprint density at radius 1 is 1.47 bits per heavy atom. The van der Waals surface area contributed by atoms with E-state index in [1.807, 2.05) is 18.2 Å². The summed E-state index contributed by atoms with van der Waals surface area (Å²) in [5, 5.41) is 10.5. The Bertz CT molecular complexity index is 605. The molecule has 5 nitrogen and oxygen atoms in total. The van der Waals surface area contributed by atoms with Crippen LogP contribution in [0.3, 0.4) is 0 Å². The lowest BCUT2D eigenvalue weighted by Gasteiger charge is -2.16. The molecule has 1 atom stereocenters. The smallest absolute Gasteiger partial charge is 0.310 e. The van der Waals surface area contributed by atoms with Crippen LogP contribution in [0.4, 0.5) is 0 Å². The number of hydrogen-bond acceptors (Lipinski definition) is 4. The normalized spacial score (nSPS) is 12.6. The van der Waals surface area contributed by atoms with Crippen LogP contribution in [0.2, 0.25) is 0 Å². The maximum Gasteiger partial charge on any atom is 0.343 e. The van der Waals surface area contributed by atoms with E-state index in [1.165, 1.54) is 21.9 Å². The minimum atomic E-state index is -0.195. The standard InChI is InChI=1S/C13H18N4OS/c1-4-14-9(2)10-7-5-6-8-11(10)19-13-16-15-12(18)17(13)3/h5-9,14H,4H2,1-3H3,(H,15,18). The van der Waals surface area contributed by atoms with Gasteiger partial charge in [-0.15, -0.1) is 5.10 Å².